The third kappa shape index (κ3) is 4.10. The summed E-state index contributed by atoms with van der Waals surface area (Å²) < 4.78 is 5.52. The lowest BCUT2D eigenvalue weighted by Gasteiger charge is -2.36. The highest BCUT2D eigenvalue weighted by atomic mass is 16.5. The molecule has 2 aliphatic heterocycles. The number of anilines is 1. The fourth-order valence-corrected chi connectivity index (χ4v) is 4.01. The van der Waals surface area contributed by atoms with E-state index in [1.54, 1.807) is 18.5 Å². The lowest BCUT2D eigenvalue weighted by Crippen LogP contribution is -2.48. The number of hydrogen-bond donors (Lipinski definition) is 0. The lowest BCUT2D eigenvalue weighted by molar-refractivity contribution is -0.137. The first-order chi connectivity index (χ1) is 15.1. The summed E-state index contributed by atoms with van der Waals surface area (Å²) >= 11 is 0. The minimum Gasteiger partial charge on any atom is -0.494 e. The minimum atomic E-state index is -0.222. The smallest absolute Gasteiger partial charge is 0.277 e. The number of ether oxygens (including phenoxy) is 1. The first kappa shape index (κ1) is 20.8. The molecule has 2 aromatic rings. The largest absolute Gasteiger partial charge is 0.494 e. The number of hydrogen-bond acceptors (Lipinski definition) is 7. The second-order valence-corrected chi connectivity index (χ2v) is 7.47. The van der Waals surface area contributed by atoms with Crippen LogP contribution < -0.4 is 9.64 Å². The van der Waals surface area contributed by atoms with Gasteiger partial charge in [-0.1, -0.05) is 19.1 Å². The van der Waals surface area contributed by atoms with Crippen LogP contribution in [0.3, 0.4) is 0 Å². The second kappa shape index (κ2) is 9.16. The monoisotopic (exact) mass is 421 g/mol. The molecule has 162 valence electrons. The van der Waals surface area contributed by atoms with Crippen molar-refractivity contribution in [2.24, 2.45) is 0 Å². The van der Waals surface area contributed by atoms with Crippen LogP contribution >= 0.6 is 0 Å². The normalized spacial score (nSPS) is 17.0. The average molecular weight is 422 g/mol. The van der Waals surface area contributed by atoms with E-state index >= 15 is 0 Å². The van der Waals surface area contributed by atoms with Gasteiger partial charge < -0.3 is 14.5 Å². The van der Waals surface area contributed by atoms with Gasteiger partial charge in [0.15, 0.2) is 0 Å². The van der Waals surface area contributed by atoms with Crippen molar-refractivity contribution in [1.82, 2.24) is 19.8 Å². The van der Waals surface area contributed by atoms with Crippen LogP contribution in [0, 0.1) is 0 Å². The number of rotatable bonds is 7. The molecule has 8 nitrogen and oxygen atoms in total. The molecule has 0 atom stereocenters. The predicted molar refractivity (Wildman–Crippen MR) is 117 cm³/mol. The third-order valence-corrected chi connectivity index (χ3v) is 5.48. The highest BCUT2D eigenvalue weighted by molar-refractivity contribution is 6.35. The van der Waals surface area contributed by atoms with Gasteiger partial charge in [-0.2, -0.15) is 0 Å². The van der Waals surface area contributed by atoms with Crippen molar-refractivity contribution in [1.29, 1.82) is 0 Å². The molecule has 1 saturated heterocycles. The van der Waals surface area contributed by atoms with Crippen molar-refractivity contribution in [3.63, 3.8) is 0 Å². The topological polar surface area (TPSA) is 78.9 Å². The van der Waals surface area contributed by atoms with Gasteiger partial charge in [-0.15, -0.1) is 0 Å². The molecule has 2 aliphatic rings. The van der Waals surface area contributed by atoms with Crippen LogP contribution in [0.5, 0.6) is 5.75 Å². The van der Waals surface area contributed by atoms with E-state index in [1.165, 1.54) is 4.90 Å². The zero-order chi connectivity index (χ0) is 21.8. The highest BCUT2D eigenvalue weighted by Gasteiger charge is 2.41. The molecule has 0 N–H and O–H groups in total. The molecule has 3 heterocycles. The third-order valence-electron chi connectivity index (χ3n) is 5.48. The van der Waals surface area contributed by atoms with Gasteiger partial charge in [-0.25, -0.2) is 9.97 Å². The first-order valence-electron chi connectivity index (χ1n) is 10.7. The van der Waals surface area contributed by atoms with Crippen LogP contribution in [0.1, 0.15) is 25.8 Å². The summed E-state index contributed by atoms with van der Waals surface area (Å²) in [5, 5.41) is 0. The number of amides is 2. The molecular weight excluding hydrogens is 394 g/mol. The van der Waals surface area contributed by atoms with Crippen LogP contribution in [0.25, 0.3) is 5.57 Å². The summed E-state index contributed by atoms with van der Waals surface area (Å²) in [7, 11) is 0. The molecule has 0 spiro atoms. The molecular formula is C23H27N5O3. The van der Waals surface area contributed by atoms with E-state index in [0.717, 1.165) is 17.7 Å². The van der Waals surface area contributed by atoms with E-state index in [4.69, 9.17) is 4.74 Å². The molecule has 1 aromatic carbocycles. The SMILES string of the molecule is CCCN1C(=O)C(c2ccc(OCC)cc2)=C(N2CCN(c3ncccn3)CC2)C1=O. The van der Waals surface area contributed by atoms with Crippen molar-refractivity contribution in [3.8, 4) is 5.75 Å². The van der Waals surface area contributed by atoms with Crippen molar-refractivity contribution in [2.75, 3.05) is 44.2 Å². The maximum atomic E-state index is 13.3. The van der Waals surface area contributed by atoms with E-state index in [9.17, 15) is 9.59 Å². The Morgan fingerprint density at radius 3 is 2.16 bits per heavy atom. The number of imide groups is 1. The fraction of sp³-hybridized carbons (Fsp3) is 0.391. The Bertz CT molecular complexity index is 966. The van der Waals surface area contributed by atoms with Crippen LogP contribution in [0.15, 0.2) is 48.4 Å². The van der Waals surface area contributed by atoms with Gasteiger partial charge in [0.25, 0.3) is 11.8 Å². The zero-order valence-corrected chi connectivity index (χ0v) is 18.0. The summed E-state index contributed by atoms with van der Waals surface area (Å²) in [4.78, 5) is 40.6. The molecule has 0 saturated carbocycles. The molecule has 0 aliphatic carbocycles. The molecule has 8 heteroatoms. The molecule has 4 rings (SSSR count). The summed E-state index contributed by atoms with van der Waals surface area (Å²) in [6.45, 7) is 7.48. The van der Waals surface area contributed by atoms with Gasteiger partial charge in [0.2, 0.25) is 5.95 Å². The second-order valence-electron chi connectivity index (χ2n) is 7.47. The summed E-state index contributed by atoms with van der Waals surface area (Å²) in [6.07, 6.45) is 4.17. The Labute approximate surface area is 182 Å². The minimum absolute atomic E-state index is 0.208. The van der Waals surface area contributed by atoms with E-state index in [2.05, 4.69) is 14.9 Å². The number of aromatic nitrogens is 2. The van der Waals surface area contributed by atoms with Crippen molar-refractivity contribution >= 4 is 23.3 Å². The molecule has 1 fully saturated rings. The molecule has 1 aromatic heterocycles. The van der Waals surface area contributed by atoms with Crippen molar-refractivity contribution in [3.05, 3.63) is 54.0 Å². The average Bonchev–Trinajstić information content (AvgIpc) is 3.06. The lowest BCUT2D eigenvalue weighted by atomic mass is 10.0. The Hall–Kier alpha value is -3.42. The van der Waals surface area contributed by atoms with E-state index in [1.807, 2.05) is 43.0 Å². The number of nitrogens with zero attached hydrogens (tertiary/aromatic N) is 5. The first-order valence-corrected chi connectivity index (χ1v) is 10.7. The Balaban J connectivity index is 1.62. The van der Waals surface area contributed by atoms with Gasteiger partial charge in [-0.3, -0.25) is 14.5 Å². The molecule has 0 unspecified atom stereocenters. The van der Waals surface area contributed by atoms with E-state index in [0.29, 0.717) is 56.5 Å². The van der Waals surface area contributed by atoms with E-state index < -0.39 is 0 Å². The van der Waals surface area contributed by atoms with Gasteiger partial charge >= 0.3 is 0 Å². The standard InChI is InChI=1S/C23H27N5O3/c1-3-12-28-21(29)19(17-6-8-18(9-7-17)31-4-2)20(22(28)30)26-13-15-27(16-14-26)23-24-10-5-11-25-23/h5-11H,3-4,12-16H2,1-2H3. The number of piperazine rings is 1. The summed E-state index contributed by atoms with van der Waals surface area (Å²) in [6, 6.07) is 9.19. The predicted octanol–water partition coefficient (Wildman–Crippen LogP) is 2.19. The van der Waals surface area contributed by atoms with Crippen molar-refractivity contribution < 1.29 is 14.3 Å². The quantitative estimate of drug-likeness (QED) is 0.634. The highest BCUT2D eigenvalue weighted by Crippen LogP contribution is 2.33. The van der Waals surface area contributed by atoms with Gasteiger partial charge in [0.1, 0.15) is 11.4 Å². The Morgan fingerprint density at radius 2 is 1.55 bits per heavy atom. The number of carbonyl (C=O) groups excluding carboxylic acids is 2. The van der Waals surface area contributed by atoms with E-state index in [-0.39, 0.29) is 11.8 Å². The molecule has 31 heavy (non-hydrogen) atoms. The number of carbonyl (C=O) groups is 2. The Kier molecular flexibility index (Phi) is 6.16. The van der Waals surface area contributed by atoms with Gasteiger partial charge in [0, 0.05) is 45.1 Å². The van der Waals surface area contributed by atoms with Crippen LogP contribution in [0.4, 0.5) is 5.95 Å². The molecule has 2 amide bonds. The van der Waals surface area contributed by atoms with Crippen LogP contribution in [-0.2, 0) is 9.59 Å². The Morgan fingerprint density at radius 1 is 0.903 bits per heavy atom. The number of benzene rings is 1. The summed E-state index contributed by atoms with van der Waals surface area (Å²) in [5.41, 5.74) is 1.71. The fourth-order valence-electron chi connectivity index (χ4n) is 4.01. The summed E-state index contributed by atoms with van der Waals surface area (Å²) in [5.74, 6) is 0.997. The molecule has 0 bridgehead atoms. The van der Waals surface area contributed by atoms with Gasteiger partial charge in [0.05, 0.1) is 12.2 Å². The van der Waals surface area contributed by atoms with Gasteiger partial charge in [-0.05, 0) is 37.1 Å². The maximum Gasteiger partial charge on any atom is 0.277 e. The maximum absolute atomic E-state index is 13.3. The van der Waals surface area contributed by atoms with Crippen LogP contribution in [0.2, 0.25) is 0 Å². The van der Waals surface area contributed by atoms with Crippen LogP contribution in [-0.4, -0.2) is 70.9 Å². The zero-order valence-electron chi connectivity index (χ0n) is 18.0. The molecule has 0 radical (unpaired) electrons. The van der Waals surface area contributed by atoms with Crippen molar-refractivity contribution in [2.45, 2.75) is 20.3 Å².